The van der Waals surface area contributed by atoms with E-state index in [4.69, 9.17) is 0 Å². The summed E-state index contributed by atoms with van der Waals surface area (Å²) in [6.07, 6.45) is 8.37. The Kier molecular flexibility index (Phi) is 4.26. The molecular weight excluding hydrogens is 196 g/mol. The summed E-state index contributed by atoms with van der Waals surface area (Å²) in [5, 5.41) is 3.69. The molecule has 16 heavy (non-hydrogen) atoms. The monoisotopic (exact) mass is 224 g/mol. The smallest absolute Gasteiger partial charge is 0.0220 e. The average molecular weight is 224 g/mol. The van der Waals surface area contributed by atoms with E-state index in [1.165, 1.54) is 45.1 Å². The van der Waals surface area contributed by atoms with Gasteiger partial charge >= 0.3 is 0 Å². The number of nitrogens with one attached hydrogen (secondary N) is 1. The molecule has 2 unspecified atom stereocenters. The molecule has 0 aromatic rings. The second-order valence-electron chi connectivity index (χ2n) is 5.87. The van der Waals surface area contributed by atoms with Crippen LogP contribution in [-0.2, 0) is 0 Å². The Bertz CT molecular complexity index is 209. The van der Waals surface area contributed by atoms with Crippen molar-refractivity contribution in [2.45, 2.75) is 70.5 Å². The van der Waals surface area contributed by atoms with Crippen LogP contribution in [0, 0.1) is 5.92 Å². The van der Waals surface area contributed by atoms with E-state index in [0.29, 0.717) is 0 Å². The Morgan fingerprint density at radius 2 is 1.94 bits per heavy atom. The highest BCUT2D eigenvalue weighted by atomic mass is 15.2. The molecule has 0 radical (unpaired) electrons. The third-order valence-electron chi connectivity index (χ3n) is 4.36. The predicted molar refractivity (Wildman–Crippen MR) is 69.7 cm³/mol. The fourth-order valence-electron chi connectivity index (χ4n) is 2.62. The lowest BCUT2D eigenvalue weighted by atomic mass is 10.1. The summed E-state index contributed by atoms with van der Waals surface area (Å²) in [5.41, 5.74) is 0. The minimum atomic E-state index is 0.751. The Labute approximate surface area is 101 Å². The molecule has 2 saturated carbocycles. The lowest BCUT2D eigenvalue weighted by Gasteiger charge is -2.33. The third kappa shape index (κ3) is 3.46. The molecule has 1 N–H and O–H groups in total. The Morgan fingerprint density at radius 1 is 1.25 bits per heavy atom. The van der Waals surface area contributed by atoms with E-state index >= 15 is 0 Å². The SMILES string of the molecule is CCCC(CNC1CC1)N(C)C(C)C1CC1. The Hall–Kier alpha value is -0.0800. The topological polar surface area (TPSA) is 15.3 Å². The van der Waals surface area contributed by atoms with E-state index in [0.717, 1.165) is 24.0 Å². The molecule has 94 valence electrons. The van der Waals surface area contributed by atoms with Gasteiger partial charge in [0.2, 0.25) is 0 Å². The summed E-state index contributed by atoms with van der Waals surface area (Å²) < 4.78 is 0. The average Bonchev–Trinajstić information content (AvgIpc) is 3.15. The predicted octanol–water partition coefficient (Wildman–Crippen LogP) is 2.64. The summed E-state index contributed by atoms with van der Waals surface area (Å²) in [7, 11) is 2.33. The third-order valence-corrected chi connectivity index (χ3v) is 4.36. The van der Waals surface area contributed by atoms with Crippen LogP contribution in [-0.4, -0.2) is 36.6 Å². The largest absolute Gasteiger partial charge is 0.312 e. The van der Waals surface area contributed by atoms with Crippen molar-refractivity contribution in [3.63, 3.8) is 0 Å². The first-order valence-corrected chi connectivity index (χ1v) is 7.17. The molecule has 2 nitrogen and oxygen atoms in total. The molecule has 0 heterocycles. The number of hydrogen-bond donors (Lipinski definition) is 1. The van der Waals surface area contributed by atoms with Crippen molar-refractivity contribution < 1.29 is 0 Å². The standard InChI is InChI=1S/C14H28N2/c1-4-5-14(10-15-13-8-9-13)16(3)11(2)12-6-7-12/h11-15H,4-10H2,1-3H3. The maximum atomic E-state index is 3.69. The van der Waals surface area contributed by atoms with E-state index in [1.54, 1.807) is 0 Å². The molecule has 0 bridgehead atoms. The zero-order valence-corrected chi connectivity index (χ0v) is 11.2. The number of likely N-dealkylation sites (N-methyl/N-ethyl adjacent to an activating group) is 1. The molecule has 0 amide bonds. The fourth-order valence-corrected chi connectivity index (χ4v) is 2.62. The van der Waals surface area contributed by atoms with Crippen LogP contribution < -0.4 is 5.32 Å². The molecule has 2 aliphatic rings. The maximum Gasteiger partial charge on any atom is 0.0220 e. The molecule has 2 rings (SSSR count). The summed E-state index contributed by atoms with van der Waals surface area (Å²) in [4.78, 5) is 2.64. The summed E-state index contributed by atoms with van der Waals surface area (Å²) in [5.74, 6) is 0.991. The van der Waals surface area contributed by atoms with Gasteiger partial charge in [-0.15, -0.1) is 0 Å². The van der Waals surface area contributed by atoms with Gasteiger partial charge in [0.25, 0.3) is 0 Å². The molecule has 0 saturated heterocycles. The van der Waals surface area contributed by atoms with Gasteiger partial charge in [-0.05, 0) is 52.0 Å². The Balaban J connectivity index is 1.77. The van der Waals surface area contributed by atoms with Crippen LogP contribution in [0.4, 0.5) is 0 Å². The summed E-state index contributed by atoms with van der Waals surface area (Å²) >= 11 is 0. The van der Waals surface area contributed by atoms with Gasteiger partial charge in [0.15, 0.2) is 0 Å². The molecule has 2 heteroatoms. The van der Waals surface area contributed by atoms with E-state index in [-0.39, 0.29) is 0 Å². The summed E-state index contributed by atoms with van der Waals surface area (Å²) in [6, 6.07) is 2.39. The van der Waals surface area contributed by atoms with Gasteiger partial charge in [0, 0.05) is 24.7 Å². The lowest BCUT2D eigenvalue weighted by molar-refractivity contribution is 0.154. The first-order valence-electron chi connectivity index (χ1n) is 7.17. The zero-order valence-electron chi connectivity index (χ0n) is 11.2. The van der Waals surface area contributed by atoms with Gasteiger partial charge < -0.3 is 5.32 Å². The molecule has 0 aromatic carbocycles. The quantitative estimate of drug-likeness (QED) is 0.682. The van der Waals surface area contributed by atoms with Gasteiger partial charge in [-0.2, -0.15) is 0 Å². The molecular formula is C14H28N2. The van der Waals surface area contributed by atoms with Crippen molar-refractivity contribution in [2.75, 3.05) is 13.6 Å². The number of hydrogen-bond acceptors (Lipinski definition) is 2. The lowest BCUT2D eigenvalue weighted by Crippen LogP contribution is -2.45. The van der Waals surface area contributed by atoms with Gasteiger partial charge in [0.1, 0.15) is 0 Å². The van der Waals surface area contributed by atoms with Crippen LogP contribution >= 0.6 is 0 Å². The fraction of sp³-hybridized carbons (Fsp3) is 1.00. The second kappa shape index (κ2) is 5.50. The van der Waals surface area contributed by atoms with Crippen LogP contribution in [0.2, 0.25) is 0 Å². The van der Waals surface area contributed by atoms with Crippen molar-refractivity contribution in [3.05, 3.63) is 0 Å². The zero-order chi connectivity index (χ0) is 11.5. The van der Waals surface area contributed by atoms with Gasteiger partial charge in [-0.25, -0.2) is 0 Å². The first kappa shape index (κ1) is 12.4. The Morgan fingerprint density at radius 3 is 2.44 bits per heavy atom. The first-order chi connectivity index (χ1) is 7.72. The molecule has 0 aliphatic heterocycles. The summed E-state index contributed by atoms with van der Waals surface area (Å²) in [6.45, 7) is 5.92. The molecule has 0 aromatic heterocycles. The number of rotatable bonds is 8. The van der Waals surface area contributed by atoms with Crippen molar-refractivity contribution in [3.8, 4) is 0 Å². The highest BCUT2D eigenvalue weighted by Gasteiger charge is 2.33. The van der Waals surface area contributed by atoms with Crippen molar-refractivity contribution in [1.29, 1.82) is 0 Å². The van der Waals surface area contributed by atoms with Crippen LogP contribution in [0.15, 0.2) is 0 Å². The molecule has 0 spiro atoms. The van der Waals surface area contributed by atoms with E-state index in [2.05, 4.69) is 31.1 Å². The molecule has 2 fully saturated rings. The highest BCUT2D eigenvalue weighted by molar-refractivity contribution is 4.89. The second-order valence-corrected chi connectivity index (χ2v) is 5.87. The van der Waals surface area contributed by atoms with Crippen molar-refractivity contribution in [1.82, 2.24) is 10.2 Å². The van der Waals surface area contributed by atoms with Crippen LogP contribution in [0.25, 0.3) is 0 Å². The molecule has 2 aliphatic carbocycles. The van der Waals surface area contributed by atoms with Crippen molar-refractivity contribution >= 4 is 0 Å². The normalized spacial score (nSPS) is 24.8. The van der Waals surface area contributed by atoms with E-state index in [9.17, 15) is 0 Å². The maximum absolute atomic E-state index is 3.69. The van der Waals surface area contributed by atoms with Crippen LogP contribution in [0.3, 0.4) is 0 Å². The van der Waals surface area contributed by atoms with Crippen LogP contribution in [0.5, 0.6) is 0 Å². The van der Waals surface area contributed by atoms with Gasteiger partial charge in [-0.1, -0.05) is 13.3 Å². The van der Waals surface area contributed by atoms with Crippen molar-refractivity contribution in [2.24, 2.45) is 5.92 Å². The minimum absolute atomic E-state index is 0.751. The molecule has 2 atom stereocenters. The van der Waals surface area contributed by atoms with Crippen LogP contribution in [0.1, 0.15) is 52.4 Å². The minimum Gasteiger partial charge on any atom is -0.312 e. The van der Waals surface area contributed by atoms with E-state index < -0.39 is 0 Å². The van der Waals surface area contributed by atoms with Gasteiger partial charge in [0.05, 0.1) is 0 Å². The highest BCUT2D eigenvalue weighted by Crippen LogP contribution is 2.35. The van der Waals surface area contributed by atoms with Gasteiger partial charge in [-0.3, -0.25) is 4.90 Å². The number of nitrogens with zero attached hydrogens (tertiary/aromatic N) is 1. The van der Waals surface area contributed by atoms with E-state index in [1.807, 2.05) is 0 Å².